The Hall–Kier alpha value is -2.07. The van der Waals surface area contributed by atoms with Crippen LogP contribution in [0.2, 0.25) is 0 Å². The molecule has 152 valence electrons. The number of nitrogens with two attached hydrogens (primary N) is 1. The van der Waals surface area contributed by atoms with Gasteiger partial charge in [0.25, 0.3) is 0 Å². The van der Waals surface area contributed by atoms with Gasteiger partial charge in [-0.1, -0.05) is 24.8 Å². The third-order valence-corrected chi connectivity index (χ3v) is 6.57. The Kier molecular flexibility index (Phi) is 5.58. The molecule has 0 spiro atoms. The molecule has 2 fully saturated rings. The molecule has 1 aromatic rings. The highest BCUT2D eigenvalue weighted by atomic mass is 19.1. The number of piperidine rings is 1. The molecule has 3 nitrogen and oxygen atoms in total. The van der Waals surface area contributed by atoms with Gasteiger partial charge in [0.05, 0.1) is 12.4 Å². The molecule has 1 aromatic carbocycles. The van der Waals surface area contributed by atoms with Gasteiger partial charge < -0.3 is 10.6 Å². The van der Waals surface area contributed by atoms with E-state index in [1.165, 1.54) is 40.2 Å². The van der Waals surface area contributed by atoms with Crippen LogP contribution in [-0.4, -0.2) is 31.2 Å². The maximum atomic E-state index is 13.2. The van der Waals surface area contributed by atoms with Gasteiger partial charge in [-0.15, -0.1) is 0 Å². The summed E-state index contributed by atoms with van der Waals surface area (Å²) in [6, 6.07) is 8.54. The molecule has 2 N–H and O–H groups in total. The number of alkyl halides is 1. The first-order valence-electron chi connectivity index (χ1n) is 10.7. The minimum absolute atomic E-state index is 0. The molecule has 0 bridgehead atoms. The molecule has 1 aliphatic carbocycles. The van der Waals surface area contributed by atoms with Crippen molar-refractivity contribution in [3.05, 3.63) is 64.6 Å². The van der Waals surface area contributed by atoms with Crippen molar-refractivity contribution in [3.8, 4) is 0 Å². The van der Waals surface area contributed by atoms with E-state index in [0.29, 0.717) is 6.54 Å². The number of anilines is 1. The molecule has 0 radical (unpaired) electrons. The number of halogens is 1. The van der Waals surface area contributed by atoms with Crippen molar-refractivity contribution in [2.75, 3.05) is 31.2 Å². The van der Waals surface area contributed by atoms with Crippen LogP contribution in [-0.2, 0) is 0 Å². The fourth-order valence-corrected chi connectivity index (χ4v) is 5.04. The van der Waals surface area contributed by atoms with Crippen molar-refractivity contribution in [1.82, 2.24) is 4.90 Å². The highest BCUT2D eigenvalue weighted by Gasteiger charge is 2.36. The molecule has 2 aliphatic heterocycles. The second kappa shape index (κ2) is 8.12. The minimum Gasteiger partial charge on any atom is -0.357 e. The van der Waals surface area contributed by atoms with Crippen molar-refractivity contribution in [1.29, 1.82) is 0 Å². The number of benzene rings is 1. The van der Waals surface area contributed by atoms with Gasteiger partial charge in [-0.2, -0.15) is 0 Å². The SMILES string of the molecule is C=C1C(CCN)=C2CCCC2=C(N2CCC(CF)CC2)N1c1ccccc1C.[HH]. The Morgan fingerprint density at radius 1 is 1.18 bits per heavy atom. The number of para-hydroxylation sites is 1. The van der Waals surface area contributed by atoms with Gasteiger partial charge in [0.1, 0.15) is 5.82 Å². The summed E-state index contributed by atoms with van der Waals surface area (Å²) < 4.78 is 13.2. The lowest BCUT2D eigenvalue weighted by molar-refractivity contribution is 0.194. The van der Waals surface area contributed by atoms with E-state index in [2.05, 4.69) is 47.6 Å². The van der Waals surface area contributed by atoms with E-state index in [9.17, 15) is 4.39 Å². The fourth-order valence-electron chi connectivity index (χ4n) is 5.04. The average molecular weight is 384 g/mol. The van der Waals surface area contributed by atoms with Gasteiger partial charge in [0.2, 0.25) is 0 Å². The van der Waals surface area contributed by atoms with E-state index < -0.39 is 0 Å². The summed E-state index contributed by atoms with van der Waals surface area (Å²) >= 11 is 0. The number of aryl methyl sites for hydroxylation is 1. The van der Waals surface area contributed by atoms with Gasteiger partial charge in [-0.25, -0.2) is 0 Å². The van der Waals surface area contributed by atoms with E-state index in [0.717, 1.165) is 50.9 Å². The predicted octanol–water partition coefficient (Wildman–Crippen LogP) is 5.30. The van der Waals surface area contributed by atoms with Gasteiger partial charge in [0.15, 0.2) is 0 Å². The molecule has 28 heavy (non-hydrogen) atoms. The number of hydrogen-bond acceptors (Lipinski definition) is 3. The van der Waals surface area contributed by atoms with Crippen molar-refractivity contribution in [2.24, 2.45) is 11.7 Å². The lowest BCUT2D eigenvalue weighted by Gasteiger charge is -2.45. The van der Waals surface area contributed by atoms with Crippen molar-refractivity contribution < 1.29 is 5.82 Å². The Bertz CT molecular complexity index is 821. The summed E-state index contributed by atoms with van der Waals surface area (Å²) in [6.07, 6.45) is 6.15. The fraction of sp³-hybridized carbons (Fsp3) is 0.500. The van der Waals surface area contributed by atoms with Gasteiger partial charge in [0, 0.05) is 20.2 Å². The van der Waals surface area contributed by atoms with Crippen LogP contribution in [0.25, 0.3) is 0 Å². The van der Waals surface area contributed by atoms with E-state index in [1.54, 1.807) is 0 Å². The van der Waals surface area contributed by atoms with E-state index >= 15 is 0 Å². The molecule has 1 saturated heterocycles. The summed E-state index contributed by atoms with van der Waals surface area (Å²) in [4.78, 5) is 4.86. The van der Waals surface area contributed by atoms with Crippen LogP contribution >= 0.6 is 0 Å². The van der Waals surface area contributed by atoms with Gasteiger partial charge in [-0.05, 0) is 86.3 Å². The minimum atomic E-state index is -0.195. The van der Waals surface area contributed by atoms with Crippen molar-refractivity contribution in [3.63, 3.8) is 0 Å². The Morgan fingerprint density at radius 3 is 2.57 bits per heavy atom. The number of nitrogens with zero attached hydrogens (tertiary/aromatic N) is 2. The second-order valence-corrected chi connectivity index (χ2v) is 8.30. The smallest absolute Gasteiger partial charge is 0.117 e. The monoisotopic (exact) mass is 383 g/mol. The number of fused-ring (bicyclic) bond motifs is 1. The molecule has 0 amide bonds. The number of hydrogen-bond donors (Lipinski definition) is 1. The number of allylic oxidation sites excluding steroid dienone is 3. The molecule has 0 unspecified atom stereocenters. The van der Waals surface area contributed by atoms with Crippen LogP contribution in [0.1, 0.15) is 45.5 Å². The summed E-state index contributed by atoms with van der Waals surface area (Å²) in [5, 5.41) is 0. The number of rotatable bonds is 5. The third kappa shape index (κ3) is 3.28. The lowest BCUT2D eigenvalue weighted by atomic mass is 9.91. The summed E-state index contributed by atoms with van der Waals surface area (Å²) in [5.41, 5.74) is 13.8. The predicted molar refractivity (Wildman–Crippen MR) is 117 cm³/mol. The highest BCUT2D eigenvalue weighted by Crippen LogP contribution is 2.47. The van der Waals surface area contributed by atoms with Crippen LogP contribution in [0.15, 0.2) is 59.1 Å². The van der Waals surface area contributed by atoms with Crippen LogP contribution in [0.5, 0.6) is 0 Å². The first kappa shape index (κ1) is 19.3. The topological polar surface area (TPSA) is 32.5 Å². The normalized spacial score (nSPS) is 21.0. The third-order valence-electron chi connectivity index (χ3n) is 6.57. The highest BCUT2D eigenvalue weighted by molar-refractivity contribution is 5.71. The molecule has 3 aliphatic rings. The summed E-state index contributed by atoms with van der Waals surface area (Å²) in [5.74, 6) is 1.51. The lowest BCUT2D eigenvalue weighted by Crippen LogP contribution is -2.43. The Labute approximate surface area is 169 Å². The summed E-state index contributed by atoms with van der Waals surface area (Å²) in [7, 11) is 0. The molecule has 4 rings (SSSR count). The Balaban J connectivity index is 0.00000240. The Morgan fingerprint density at radius 2 is 1.89 bits per heavy atom. The molecule has 4 heteroatoms. The molecule has 1 saturated carbocycles. The zero-order valence-electron chi connectivity index (χ0n) is 17.0. The number of likely N-dealkylation sites (tertiary alicyclic amines) is 1. The first-order valence-corrected chi connectivity index (χ1v) is 10.7. The zero-order valence-corrected chi connectivity index (χ0v) is 17.0. The van der Waals surface area contributed by atoms with Gasteiger partial charge in [-0.3, -0.25) is 9.29 Å². The summed E-state index contributed by atoms with van der Waals surface area (Å²) in [6.45, 7) is 8.99. The molecule has 2 heterocycles. The molecular weight excluding hydrogens is 349 g/mol. The largest absolute Gasteiger partial charge is 0.357 e. The quantitative estimate of drug-likeness (QED) is 0.749. The van der Waals surface area contributed by atoms with E-state index in [4.69, 9.17) is 5.73 Å². The molecule has 0 aromatic heterocycles. The van der Waals surface area contributed by atoms with Crippen LogP contribution in [0, 0.1) is 12.8 Å². The van der Waals surface area contributed by atoms with Crippen LogP contribution in [0.4, 0.5) is 10.1 Å². The maximum absolute atomic E-state index is 13.2. The maximum Gasteiger partial charge on any atom is 0.117 e. The van der Waals surface area contributed by atoms with Gasteiger partial charge >= 0.3 is 0 Å². The second-order valence-electron chi connectivity index (χ2n) is 8.30. The van der Waals surface area contributed by atoms with Crippen molar-refractivity contribution in [2.45, 2.75) is 45.4 Å². The molecule has 0 atom stereocenters. The van der Waals surface area contributed by atoms with Crippen LogP contribution in [0.3, 0.4) is 0 Å². The first-order chi connectivity index (χ1) is 13.7. The van der Waals surface area contributed by atoms with E-state index in [-0.39, 0.29) is 14.0 Å². The van der Waals surface area contributed by atoms with E-state index in [1.807, 2.05) is 0 Å². The van der Waals surface area contributed by atoms with Crippen LogP contribution < -0.4 is 10.6 Å². The van der Waals surface area contributed by atoms with Crippen molar-refractivity contribution >= 4 is 5.69 Å². The zero-order chi connectivity index (χ0) is 19.7. The standard InChI is InChI=1S/C24H32FN3.H2/c1-17-6-3-4-9-23(17)28-18(2)20(10-13-26)21-7-5-8-22(21)24(28)27-14-11-19(16-25)12-15-27;/h3-4,6,9,19H,2,5,7-8,10-16,26H2,1H3;1H. The molecular formula is C24H34FN3. The average Bonchev–Trinajstić information content (AvgIpc) is 3.20.